The van der Waals surface area contributed by atoms with E-state index in [1.54, 1.807) is 0 Å². The standard InChI is InChI=1S/C13H26NO6P/c1-5-13(15)19-10-8-6-7-9-12(14(2,3)4)11-20-21(16,17)18/h5,12H,1,6-11H2,2-4H3,(H-,16,17,18). The summed E-state index contributed by atoms with van der Waals surface area (Å²) in [6.07, 6.45) is 4.32. The van der Waals surface area contributed by atoms with Gasteiger partial charge in [0.1, 0.15) is 12.6 Å². The number of hydrogen-bond donors (Lipinski definition) is 1. The van der Waals surface area contributed by atoms with Gasteiger partial charge in [-0.3, -0.25) is 4.57 Å². The van der Waals surface area contributed by atoms with E-state index >= 15 is 0 Å². The van der Waals surface area contributed by atoms with Gasteiger partial charge in [0, 0.05) is 12.5 Å². The van der Waals surface area contributed by atoms with E-state index < -0.39 is 13.8 Å². The molecule has 0 aromatic carbocycles. The summed E-state index contributed by atoms with van der Waals surface area (Å²) < 4.78 is 20.6. The highest BCUT2D eigenvalue weighted by Crippen LogP contribution is 2.31. The lowest BCUT2D eigenvalue weighted by molar-refractivity contribution is -0.896. The molecule has 0 heterocycles. The number of quaternary nitrogens is 1. The fraction of sp³-hybridized carbons (Fsp3) is 0.769. The fourth-order valence-electron chi connectivity index (χ4n) is 1.76. The van der Waals surface area contributed by atoms with E-state index in [2.05, 4.69) is 11.1 Å². The molecule has 124 valence electrons. The first kappa shape index (κ1) is 20.3. The summed E-state index contributed by atoms with van der Waals surface area (Å²) in [5.74, 6) is -0.429. The summed E-state index contributed by atoms with van der Waals surface area (Å²) in [5, 5.41) is 0. The van der Waals surface area contributed by atoms with Crippen molar-refractivity contribution in [1.82, 2.24) is 0 Å². The molecule has 0 aliphatic rings. The zero-order chi connectivity index (χ0) is 16.5. The van der Waals surface area contributed by atoms with Crippen molar-refractivity contribution in [2.45, 2.75) is 31.7 Å². The van der Waals surface area contributed by atoms with Gasteiger partial charge >= 0.3 is 5.97 Å². The van der Waals surface area contributed by atoms with Crippen LogP contribution in [0, 0.1) is 0 Å². The first-order chi connectivity index (χ1) is 9.56. The number of ether oxygens (including phenoxy) is 1. The number of carbonyl (C=O) groups excluding carboxylic acids is 1. The lowest BCUT2D eigenvalue weighted by atomic mass is 10.1. The number of nitrogens with zero attached hydrogens (tertiary/aromatic N) is 1. The molecule has 2 unspecified atom stereocenters. The maximum absolute atomic E-state index is 10.8. The average Bonchev–Trinajstić information content (AvgIpc) is 2.33. The van der Waals surface area contributed by atoms with E-state index in [1.165, 1.54) is 0 Å². The van der Waals surface area contributed by atoms with Crippen molar-refractivity contribution in [2.75, 3.05) is 34.4 Å². The van der Waals surface area contributed by atoms with Crippen LogP contribution in [-0.2, 0) is 18.6 Å². The van der Waals surface area contributed by atoms with E-state index in [0.717, 1.165) is 31.8 Å². The molecule has 0 bridgehead atoms. The van der Waals surface area contributed by atoms with E-state index in [-0.39, 0.29) is 12.6 Å². The number of esters is 1. The highest BCUT2D eigenvalue weighted by molar-refractivity contribution is 7.44. The van der Waals surface area contributed by atoms with Crippen LogP contribution in [0.3, 0.4) is 0 Å². The normalized spacial score (nSPS) is 16.0. The molecule has 0 aromatic rings. The Morgan fingerprint density at radius 1 is 1.38 bits per heavy atom. The monoisotopic (exact) mass is 323 g/mol. The fourth-order valence-corrected chi connectivity index (χ4v) is 2.13. The number of phosphoric acid groups is 1. The predicted octanol–water partition coefficient (Wildman–Crippen LogP) is 0.828. The Hall–Kier alpha value is -0.720. The third-order valence-corrected chi connectivity index (χ3v) is 3.59. The van der Waals surface area contributed by atoms with Gasteiger partial charge in [-0.2, -0.15) is 0 Å². The van der Waals surface area contributed by atoms with Crippen LogP contribution in [0.15, 0.2) is 12.7 Å². The van der Waals surface area contributed by atoms with Gasteiger partial charge in [-0.15, -0.1) is 0 Å². The van der Waals surface area contributed by atoms with Crippen LogP contribution in [0.2, 0.25) is 0 Å². The third-order valence-electron chi connectivity index (χ3n) is 3.12. The number of carbonyl (C=O) groups is 1. The molecule has 0 aliphatic carbocycles. The van der Waals surface area contributed by atoms with Crippen molar-refractivity contribution in [2.24, 2.45) is 0 Å². The van der Waals surface area contributed by atoms with Crippen molar-refractivity contribution >= 4 is 13.8 Å². The van der Waals surface area contributed by atoms with Crippen LogP contribution in [-0.4, -0.2) is 55.7 Å². The van der Waals surface area contributed by atoms with E-state index in [9.17, 15) is 14.3 Å². The van der Waals surface area contributed by atoms with Crippen LogP contribution in [0.25, 0.3) is 0 Å². The summed E-state index contributed by atoms with van der Waals surface area (Å²) >= 11 is 0. The smallest absolute Gasteiger partial charge is 0.330 e. The lowest BCUT2D eigenvalue weighted by Crippen LogP contribution is -2.47. The molecule has 0 radical (unpaired) electrons. The minimum Gasteiger partial charge on any atom is -0.756 e. The summed E-state index contributed by atoms with van der Waals surface area (Å²) in [7, 11) is 1.13. The van der Waals surface area contributed by atoms with Gasteiger partial charge in [0.05, 0.1) is 27.7 Å². The maximum Gasteiger partial charge on any atom is 0.330 e. The molecule has 0 fully saturated rings. The molecule has 1 N–H and O–H groups in total. The Labute approximate surface area is 126 Å². The Bertz CT molecular complexity index is 373. The first-order valence-electron chi connectivity index (χ1n) is 6.85. The molecule has 0 amide bonds. The van der Waals surface area contributed by atoms with Crippen LogP contribution in [0.1, 0.15) is 25.7 Å². The van der Waals surface area contributed by atoms with Crippen LogP contribution < -0.4 is 4.89 Å². The maximum atomic E-state index is 10.8. The lowest BCUT2D eigenvalue weighted by Gasteiger charge is -2.35. The molecule has 0 aliphatic heterocycles. The third kappa shape index (κ3) is 11.6. The highest BCUT2D eigenvalue weighted by Gasteiger charge is 2.24. The number of unbranched alkanes of at least 4 members (excludes halogenated alkanes) is 2. The number of likely N-dealkylation sites (N-methyl/N-ethyl adjacent to an activating group) is 1. The number of rotatable bonds is 11. The molecule has 0 rings (SSSR count). The summed E-state index contributed by atoms with van der Waals surface area (Å²) in [6.45, 7) is 3.61. The molecule has 0 aromatic heterocycles. The average molecular weight is 323 g/mol. The van der Waals surface area contributed by atoms with Gasteiger partial charge in [-0.05, 0) is 19.3 Å². The van der Waals surface area contributed by atoms with Crippen LogP contribution in [0.5, 0.6) is 0 Å². The van der Waals surface area contributed by atoms with E-state index in [0.29, 0.717) is 11.1 Å². The minimum absolute atomic E-state index is 0.0462. The Morgan fingerprint density at radius 3 is 2.48 bits per heavy atom. The van der Waals surface area contributed by atoms with Gasteiger partial charge in [0.25, 0.3) is 7.82 Å². The largest absolute Gasteiger partial charge is 0.756 e. The van der Waals surface area contributed by atoms with Crippen LogP contribution in [0.4, 0.5) is 0 Å². The molecule has 7 nitrogen and oxygen atoms in total. The number of phosphoric ester groups is 1. The molecular weight excluding hydrogens is 297 g/mol. The topological polar surface area (TPSA) is 95.9 Å². The predicted molar refractivity (Wildman–Crippen MR) is 77.2 cm³/mol. The minimum atomic E-state index is -4.68. The zero-order valence-corrected chi connectivity index (χ0v) is 13.9. The van der Waals surface area contributed by atoms with Crippen molar-refractivity contribution in [1.29, 1.82) is 0 Å². The van der Waals surface area contributed by atoms with Gasteiger partial charge in [-0.25, -0.2) is 4.79 Å². The summed E-state index contributed by atoms with van der Waals surface area (Å²) in [5.41, 5.74) is 0. The molecule has 0 spiro atoms. The highest BCUT2D eigenvalue weighted by atomic mass is 31.2. The van der Waals surface area contributed by atoms with Gasteiger partial charge in [0.2, 0.25) is 0 Å². The van der Waals surface area contributed by atoms with Crippen molar-refractivity contribution in [3.8, 4) is 0 Å². The molecule has 8 heteroatoms. The second kappa shape index (κ2) is 9.33. The summed E-state index contributed by atoms with van der Waals surface area (Å²) in [4.78, 5) is 30.2. The molecule has 21 heavy (non-hydrogen) atoms. The molecule has 0 saturated heterocycles. The SMILES string of the molecule is C=CC(=O)OCCCCCC(COP(=O)([O-])O)[N+](C)(C)C. The summed E-state index contributed by atoms with van der Waals surface area (Å²) in [6, 6.07) is -0.0462. The van der Waals surface area contributed by atoms with E-state index in [4.69, 9.17) is 9.63 Å². The van der Waals surface area contributed by atoms with E-state index in [1.807, 2.05) is 21.1 Å². The van der Waals surface area contributed by atoms with Crippen molar-refractivity contribution in [3.63, 3.8) is 0 Å². The first-order valence-corrected chi connectivity index (χ1v) is 8.34. The van der Waals surface area contributed by atoms with Gasteiger partial charge in [0.15, 0.2) is 0 Å². The zero-order valence-electron chi connectivity index (χ0n) is 13.0. The Balaban J connectivity index is 4.00. The van der Waals surface area contributed by atoms with Gasteiger partial charge < -0.3 is 23.5 Å². The van der Waals surface area contributed by atoms with Crippen molar-refractivity contribution < 1.29 is 32.9 Å². The second-order valence-electron chi connectivity index (χ2n) is 5.76. The molecular formula is C13H26NO6P. The van der Waals surface area contributed by atoms with Crippen molar-refractivity contribution in [3.05, 3.63) is 12.7 Å². The Morgan fingerprint density at radius 2 is 2.00 bits per heavy atom. The molecule has 2 atom stereocenters. The van der Waals surface area contributed by atoms with Crippen LogP contribution >= 0.6 is 7.82 Å². The number of hydrogen-bond acceptors (Lipinski definition) is 5. The molecule has 0 saturated carbocycles. The van der Waals surface area contributed by atoms with Gasteiger partial charge in [-0.1, -0.05) is 6.58 Å². The second-order valence-corrected chi connectivity index (χ2v) is 6.95. The quantitative estimate of drug-likeness (QED) is 0.199. The Kier molecular flexibility index (Phi) is 9.01.